The molecular formula is C14H25N3O. The summed E-state index contributed by atoms with van der Waals surface area (Å²) >= 11 is 0. The van der Waals surface area contributed by atoms with Crippen LogP contribution in [0.1, 0.15) is 39.1 Å². The Morgan fingerprint density at radius 1 is 1.39 bits per heavy atom. The molecule has 1 saturated heterocycles. The Labute approximate surface area is 110 Å². The van der Waals surface area contributed by atoms with Crippen molar-refractivity contribution in [3.63, 3.8) is 0 Å². The van der Waals surface area contributed by atoms with E-state index >= 15 is 0 Å². The first-order valence-corrected chi connectivity index (χ1v) is 6.94. The van der Waals surface area contributed by atoms with Crippen LogP contribution >= 0.6 is 0 Å². The lowest BCUT2D eigenvalue weighted by atomic mass is 10.0. The molecule has 0 radical (unpaired) electrons. The maximum Gasteiger partial charge on any atom is 0.151 e. The van der Waals surface area contributed by atoms with Gasteiger partial charge in [-0.2, -0.15) is 0 Å². The van der Waals surface area contributed by atoms with Gasteiger partial charge < -0.3 is 9.84 Å². The minimum absolute atomic E-state index is 0.477. The van der Waals surface area contributed by atoms with Crippen LogP contribution in [-0.2, 0) is 13.1 Å². The highest BCUT2D eigenvalue weighted by molar-refractivity contribution is 5.05. The topological polar surface area (TPSA) is 41.3 Å². The molecule has 0 spiro atoms. The van der Waals surface area contributed by atoms with Crippen molar-refractivity contribution >= 4 is 0 Å². The monoisotopic (exact) mass is 251 g/mol. The number of likely N-dealkylation sites (tertiary alicyclic amines) is 1. The molecule has 4 heteroatoms. The van der Waals surface area contributed by atoms with Crippen LogP contribution in [0.5, 0.6) is 0 Å². The molecule has 0 aliphatic carbocycles. The summed E-state index contributed by atoms with van der Waals surface area (Å²) in [4.78, 5) is 2.45. The first kappa shape index (κ1) is 13.6. The molecule has 1 aliphatic heterocycles. The van der Waals surface area contributed by atoms with E-state index < -0.39 is 0 Å². The Bertz CT molecular complexity index is 365. The van der Waals surface area contributed by atoms with Crippen molar-refractivity contribution in [2.45, 2.75) is 46.8 Å². The third-order valence-electron chi connectivity index (χ3n) is 3.74. The fourth-order valence-corrected chi connectivity index (χ4v) is 2.42. The standard InChI is InChI=1S/C14H25N3O/c1-10(2)15-6-13-5-14(18-16-13)9-17-7-11(3)12(4)8-17/h5,10-12,15H,6-9H2,1-4H3. The minimum atomic E-state index is 0.477. The van der Waals surface area contributed by atoms with Crippen LogP contribution in [0, 0.1) is 11.8 Å². The summed E-state index contributed by atoms with van der Waals surface area (Å²) in [6.07, 6.45) is 0. The van der Waals surface area contributed by atoms with Crippen molar-refractivity contribution in [3.05, 3.63) is 17.5 Å². The molecule has 0 amide bonds. The third kappa shape index (κ3) is 3.56. The number of nitrogens with zero attached hydrogens (tertiary/aromatic N) is 2. The third-order valence-corrected chi connectivity index (χ3v) is 3.74. The maximum absolute atomic E-state index is 5.40. The van der Waals surface area contributed by atoms with E-state index in [1.54, 1.807) is 0 Å². The Kier molecular flexibility index (Phi) is 4.40. The predicted octanol–water partition coefficient (Wildman–Crippen LogP) is 2.26. The molecule has 1 fully saturated rings. The minimum Gasteiger partial charge on any atom is -0.360 e. The number of rotatable bonds is 5. The SMILES string of the molecule is CC(C)NCc1cc(CN2CC(C)C(C)C2)on1. The van der Waals surface area contributed by atoms with E-state index in [1.165, 1.54) is 13.1 Å². The van der Waals surface area contributed by atoms with Crippen LogP contribution in [0.25, 0.3) is 0 Å². The summed E-state index contributed by atoms with van der Waals surface area (Å²) < 4.78 is 5.40. The maximum atomic E-state index is 5.40. The molecule has 1 N–H and O–H groups in total. The highest BCUT2D eigenvalue weighted by atomic mass is 16.5. The van der Waals surface area contributed by atoms with Gasteiger partial charge in [-0.15, -0.1) is 0 Å². The average Bonchev–Trinajstić information content (AvgIpc) is 2.85. The fraction of sp³-hybridized carbons (Fsp3) is 0.786. The Morgan fingerprint density at radius 3 is 2.67 bits per heavy atom. The molecule has 4 nitrogen and oxygen atoms in total. The van der Waals surface area contributed by atoms with E-state index in [9.17, 15) is 0 Å². The van der Waals surface area contributed by atoms with E-state index in [2.05, 4.69) is 49.1 Å². The van der Waals surface area contributed by atoms with Gasteiger partial charge in [0.05, 0.1) is 12.2 Å². The molecule has 1 aliphatic rings. The van der Waals surface area contributed by atoms with Crippen molar-refractivity contribution in [1.29, 1.82) is 0 Å². The lowest BCUT2D eigenvalue weighted by molar-refractivity contribution is 0.264. The highest BCUT2D eigenvalue weighted by Gasteiger charge is 2.26. The van der Waals surface area contributed by atoms with Gasteiger partial charge in [0.15, 0.2) is 5.76 Å². The van der Waals surface area contributed by atoms with Gasteiger partial charge in [0, 0.05) is 31.7 Å². The molecule has 2 rings (SSSR count). The normalized spacial score (nSPS) is 25.2. The number of hydrogen-bond acceptors (Lipinski definition) is 4. The van der Waals surface area contributed by atoms with Gasteiger partial charge in [-0.05, 0) is 11.8 Å². The van der Waals surface area contributed by atoms with Gasteiger partial charge in [-0.25, -0.2) is 0 Å². The van der Waals surface area contributed by atoms with E-state index in [1.807, 2.05) is 0 Å². The summed E-state index contributed by atoms with van der Waals surface area (Å²) in [6, 6.07) is 2.55. The second-order valence-corrected chi connectivity index (χ2v) is 5.97. The van der Waals surface area contributed by atoms with Crippen molar-refractivity contribution in [3.8, 4) is 0 Å². The summed E-state index contributed by atoms with van der Waals surface area (Å²) in [6.45, 7) is 12.9. The van der Waals surface area contributed by atoms with Crippen LogP contribution in [0.4, 0.5) is 0 Å². The highest BCUT2D eigenvalue weighted by Crippen LogP contribution is 2.23. The Hall–Kier alpha value is -0.870. The Morgan fingerprint density at radius 2 is 2.06 bits per heavy atom. The van der Waals surface area contributed by atoms with Crippen LogP contribution < -0.4 is 5.32 Å². The number of aromatic nitrogens is 1. The van der Waals surface area contributed by atoms with Gasteiger partial charge in [0.2, 0.25) is 0 Å². The lowest BCUT2D eigenvalue weighted by Gasteiger charge is -2.12. The molecule has 0 saturated carbocycles. The number of nitrogens with one attached hydrogen (secondary N) is 1. The molecule has 1 aromatic heterocycles. The zero-order chi connectivity index (χ0) is 13.1. The van der Waals surface area contributed by atoms with Gasteiger partial charge in [0.1, 0.15) is 0 Å². The van der Waals surface area contributed by atoms with Crippen LogP contribution in [0.3, 0.4) is 0 Å². The summed E-state index contributed by atoms with van der Waals surface area (Å²) in [5.41, 5.74) is 0.999. The van der Waals surface area contributed by atoms with Crippen molar-refractivity contribution in [2.75, 3.05) is 13.1 Å². The fourth-order valence-electron chi connectivity index (χ4n) is 2.42. The molecule has 18 heavy (non-hydrogen) atoms. The predicted molar refractivity (Wildman–Crippen MR) is 72.1 cm³/mol. The van der Waals surface area contributed by atoms with E-state index in [0.29, 0.717) is 6.04 Å². The van der Waals surface area contributed by atoms with Gasteiger partial charge in [0.25, 0.3) is 0 Å². The molecular weight excluding hydrogens is 226 g/mol. The first-order chi connectivity index (χ1) is 8.54. The van der Waals surface area contributed by atoms with Crippen LogP contribution in [0.2, 0.25) is 0 Å². The lowest BCUT2D eigenvalue weighted by Crippen LogP contribution is -2.22. The summed E-state index contributed by atoms with van der Waals surface area (Å²) in [7, 11) is 0. The Balaban J connectivity index is 1.83. The molecule has 2 heterocycles. The summed E-state index contributed by atoms with van der Waals surface area (Å²) in [5.74, 6) is 2.56. The molecule has 2 unspecified atom stereocenters. The second kappa shape index (κ2) is 5.85. The van der Waals surface area contributed by atoms with Crippen molar-refractivity contribution < 1.29 is 4.52 Å². The largest absolute Gasteiger partial charge is 0.360 e. The van der Waals surface area contributed by atoms with Crippen LogP contribution in [-0.4, -0.2) is 29.2 Å². The molecule has 2 atom stereocenters. The second-order valence-electron chi connectivity index (χ2n) is 5.97. The molecule has 0 bridgehead atoms. The van der Waals surface area contributed by atoms with Crippen LogP contribution in [0.15, 0.2) is 10.6 Å². The number of hydrogen-bond donors (Lipinski definition) is 1. The van der Waals surface area contributed by atoms with Gasteiger partial charge >= 0.3 is 0 Å². The van der Waals surface area contributed by atoms with Gasteiger partial charge in [-0.1, -0.05) is 32.9 Å². The molecule has 1 aromatic rings. The average molecular weight is 251 g/mol. The van der Waals surface area contributed by atoms with Gasteiger partial charge in [-0.3, -0.25) is 4.90 Å². The van der Waals surface area contributed by atoms with E-state index in [-0.39, 0.29) is 0 Å². The van der Waals surface area contributed by atoms with E-state index in [4.69, 9.17) is 4.52 Å². The van der Waals surface area contributed by atoms with Crippen molar-refractivity contribution in [1.82, 2.24) is 15.4 Å². The molecule has 0 aromatic carbocycles. The molecule has 102 valence electrons. The smallest absolute Gasteiger partial charge is 0.151 e. The quantitative estimate of drug-likeness (QED) is 0.871. The van der Waals surface area contributed by atoms with E-state index in [0.717, 1.165) is 36.4 Å². The first-order valence-electron chi connectivity index (χ1n) is 6.94. The summed E-state index contributed by atoms with van der Waals surface area (Å²) in [5, 5.41) is 7.45. The zero-order valence-corrected chi connectivity index (χ0v) is 11.9. The zero-order valence-electron chi connectivity index (χ0n) is 11.9. The van der Waals surface area contributed by atoms with Crippen molar-refractivity contribution in [2.24, 2.45) is 11.8 Å².